The van der Waals surface area contributed by atoms with Crippen molar-refractivity contribution in [2.24, 2.45) is 0 Å². The van der Waals surface area contributed by atoms with Gasteiger partial charge in [0.25, 0.3) is 5.91 Å². The lowest BCUT2D eigenvalue weighted by Crippen LogP contribution is -2.47. The Morgan fingerprint density at radius 3 is 2.81 bits per heavy atom. The van der Waals surface area contributed by atoms with E-state index in [1.165, 1.54) is 18.4 Å². The SMILES string of the molecule is Cc1cccc2c(C(=O)NCC3CN(Cc4ccccc4)CCO3)cc(C3CC3)nc12. The van der Waals surface area contributed by atoms with E-state index < -0.39 is 0 Å². The summed E-state index contributed by atoms with van der Waals surface area (Å²) in [4.78, 5) is 20.4. The topological polar surface area (TPSA) is 54.5 Å². The molecule has 0 spiro atoms. The van der Waals surface area contributed by atoms with Gasteiger partial charge in [-0.3, -0.25) is 14.7 Å². The monoisotopic (exact) mass is 415 g/mol. The Bertz CT molecular complexity index is 1080. The van der Waals surface area contributed by atoms with Crippen LogP contribution in [0, 0.1) is 6.92 Å². The van der Waals surface area contributed by atoms with E-state index in [0.717, 1.165) is 47.4 Å². The lowest BCUT2D eigenvalue weighted by Gasteiger charge is -2.33. The fourth-order valence-electron chi connectivity index (χ4n) is 4.38. The second kappa shape index (κ2) is 8.77. The number of hydrogen-bond donors (Lipinski definition) is 1. The zero-order valence-electron chi connectivity index (χ0n) is 18.0. The van der Waals surface area contributed by atoms with Gasteiger partial charge in [0.05, 0.1) is 23.8 Å². The summed E-state index contributed by atoms with van der Waals surface area (Å²) in [7, 11) is 0. The summed E-state index contributed by atoms with van der Waals surface area (Å²) in [6.45, 7) is 5.91. The molecule has 2 aliphatic rings. The number of hydrogen-bond acceptors (Lipinski definition) is 4. The van der Waals surface area contributed by atoms with Crippen molar-refractivity contribution < 1.29 is 9.53 Å². The van der Waals surface area contributed by atoms with Gasteiger partial charge in [-0.2, -0.15) is 0 Å². The Labute approximate surface area is 183 Å². The first kappa shape index (κ1) is 20.2. The molecule has 1 saturated heterocycles. The van der Waals surface area contributed by atoms with Crippen molar-refractivity contribution in [2.75, 3.05) is 26.2 Å². The van der Waals surface area contributed by atoms with Gasteiger partial charge >= 0.3 is 0 Å². The Morgan fingerprint density at radius 2 is 2.00 bits per heavy atom. The van der Waals surface area contributed by atoms with Gasteiger partial charge in [0.1, 0.15) is 0 Å². The van der Waals surface area contributed by atoms with E-state index in [1.54, 1.807) is 0 Å². The molecule has 2 fully saturated rings. The number of amides is 1. The third-order valence-corrected chi connectivity index (χ3v) is 6.26. The fraction of sp³-hybridized carbons (Fsp3) is 0.385. The number of rotatable bonds is 6. The van der Waals surface area contributed by atoms with Gasteiger partial charge in [0.2, 0.25) is 0 Å². The summed E-state index contributed by atoms with van der Waals surface area (Å²) < 4.78 is 5.94. The molecular weight excluding hydrogens is 386 g/mol. The normalized spacial score (nSPS) is 19.5. The summed E-state index contributed by atoms with van der Waals surface area (Å²) in [5.41, 5.74) is 5.14. The van der Waals surface area contributed by atoms with E-state index in [1.807, 2.05) is 24.3 Å². The Kier molecular flexibility index (Phi) is 5.70. The van der Waals surface area contributed by atoms with Crippen molar-refractivity contribution >= 4 is 16.8 Å². The Balaban J connectivity index is 1.27. The van der Waals surface area contributed by atoms with Crippen LogP contribution in [0.25, 0.3) is 10.9 Å². The molecule has 5 nitrogen and oxygen atoms in total. The standard InChI is InChI=1S/C26H29N3O2/c1-18-6-5-9-22-23(14-24(20-10-11-20)28-25(18)22)26(30)27-15-21-17-29(12-13-31-21)16-19-7-3-2-4-8-19/h2-9,14,20-21H,10-13,15-17H2,1H3,(H,27,30). The molecule has 31 heavy (non-hydrogen) atoms. The molecule has 2 heterocycles. The highest BCUT2D eigenvalue weighted by Crippen LogP contribution is 2.40. The molecule has 160 valence electrons. The molecule has 1 aromatic heterocycles. The molecule has 1 aliphatic carbocycles. The number of morpholine rings is 1. The molecule has 1 aliphatic heterocycles. The molecule has 1 N–H and O–H groups in total. The predicted octanol–water partition coefficient (Wildman–Crippen LogP) is 4.05. The van der Waals surface area contributed by atoms with Crippen LogP contribution in [0.15, 0.2) is 54.6 Å². The number of carbonyl (C=O) groups is 1. The number of benzene rings is 2. The number of aryl methyl sites for hydroxylation is 1. The number of aromatic nitrogens is 1. The van der Waals surface area contributed by atoms with Crippen LogP contribution < -0.4 is 5.32 Å². The molecule has 3 aromatic rings. The van der Waals surface area contributed by atoms with Crippen molar-refractivity contribution in [2.45, 2.75) is 38.3 Å². The highest BCUT2D eigenvalue weighted by atomic mass is 16.5. The van der Waals surface area contributed by atoms with Crippen LogP contribution in [0.4, 0.5) is 0 Å². The Hall–Kier alpha value is -2.76. The zero-order valence-corrected chi connectivity index (χ0v) is 18.0. The maximum Gasteiger partial charge on any atom is 0.252 e. The minimum atomic E-state index is -0.0383. The number of para-hydroxylation sites is 1. The van der Waals surface area contributed by atoms with E-state index >= 15 is 0 Å². The quantitative estimate of drug-likeness (QED) is 0.660. The van der Waals surface area contributed by atoms with Crippen LogP contribution in [0.5, 0.6) is 0 Å². The van der Waals surface area contributed by atoms with Crippen molar-refractivity contribution in [3.05, 3.63) is 77.0 Å². The van der Waals surface area contributed by atoms with Crippen LogP contribution in [0.2, 0.25) is 0 Å². The van der Waals surface area contributed by atoms with E-state index in [0.29, 0.717) is 19.1 Å². The molecule has 1 unspecified atom stereocenters. The van der Waals surface area contributed by atoms with E-state index in [-0.39, 0.29) is 12.0 Å². The number of pyridine rings is 1. The lowest BCUT2D eigenvalue weighted by molar-refractivity contribution is -0.0292. The first-order valence-electron chi connectivity index (χ1n) is 11.2. The minimum absolute atomic E-state index is 0.000785. The van der Waals surface area contributed by atoms with Gasteiger partial charge in [-0.1, -0.05) is 48.5 Å². The maximum absolute atomic E-state index is 13.2. The highest BCUT2D eigenvalue weighted by molar-refractivity contribution is 6.06. The smallest absolute Gasteiger partial charge is 0.252 e. The number of fused-ring (bicyclic) bond motifs is 1. The number of nitrogens with zero attached hydrogens (tertiary/aromatic N) is 2. The molecule has 1 atom stereocenters. The summed E-state index contributed by atoms with van der Waals surface area (Å²) in [6, 6.07) is 18.6. The molecular formula is C26H29N3O2. The molecule has 5 rings (SSSR count). The van der Waals surface area contributed by atoms with Crippen molar-refractivity contribution in [1.29, 1.82) is 0 Å². The molecule has 0 bridgehead atoms. The largest absolute Gasteiger partial charge is 0.374 e. The first-order valence-corrected chi connectivity index (χ1v) is 11.2. The Morgan fingerprint density at radius 1 is 1.16 bits per heavy atom. The average molecular weight is 416 g/mol. The first-order chi connectivity index (χ1) is 15.2. The third-order valence-electron chi connectivity index (χ3n) is 6.26. The summed E-state index contributed by atoms with van der Waals surface area (Å²) in [6.07, 6.45) is 2.33. The average Bonchev–Trinajstić information content (AvgIpc) is 3.64. The van der Waals surface area contributed by atoms with Gasteiger partial charge in [0, 0.05) is 43.2 Å². The predicted molar refractivity (Wildman–Crippen MR) is 122 cm³/mol. The van der Waals surface area contributed by atoms with E-state index in [4.69, 9.17) is 9.72 Å². The van der Waals surface area contributed by atoms with Crippen molar-refractivity contribution in [1.82, 2.24) is 15.2 Å². The van der Waals surface area contributed by atoms with Crippen LogP contribution in [-0.4, -0.2) is 48.1 Å². The number of nitrogens with one attached hydrogen (secondary N) is 1. The molecule has 1 saturated carbocycles. The summed E-state index contributed by atoms with van der Waals surface area (Å²) in [5.74, 6) is 0.465. The maximum atomic E-state index is 13.2. The minimum Gasteiger partial charge on any atom is -0.374 e. The molecule has 1 amide bonds. The van der Waals surface area contributed by atoms with Gasteiger partial charge in [0.15, 0.2) is 0 Å². The molecule has 2 aromatic carbocycles. The van der Waals surface area contributed by atoms with Crippen LogP contribution in [0.3, 0.4) is 0 Å². The van der Waals surface area contributed by atoms with Gasteiger partial charge in [-0.15, -0.1) is 0 Å². The second-order valence-corrected chi connectivity index (χ2v) is 8.76. The molecule has 5 heteroatoms. The van der Waals surface area contributed by atoms with Gasteiger partial charge in [-0.25, -0.2) is 0 Å². The summed E-state index contributed by atoms with van der Waals surface area (Å²) >= 11 is 0. The van der Waals surface area contributed by atoms with Gasteiger partial charge in [-0.05, 0) is 37.0 Å². The van der Waals surface area contributed by atoms with E-state index in [9.17, 15) is 4.79 Å². The van der Waals surface area contributed by atoms with Crippen molar-refractivity contribution in [3.8, 4) is 0 Å². The van der Waals surface area contributed by atoms with Crippen molar-refractivity contribution in [3.63, 3.8) is 0 Å². The third kappa shape index (κ3) is 4.63. The second-order valence-electron chi connectivity index (χ2n) is 8.76. The van der Waals surface area contributed by atoms with Crippen LogP contribution in [0.1, 0.15) is 45.9 Å². The van der Waals surface area contributed by atoms with E-state index in [2.05, 4.69) is 47.5 Å². The summed E-state index contributed by atoms with van der Waals surface area (Å²) in [5, 5.41) is 4.06. The van der Waals surface area contributed by atoms with Crippen LogP contribution in [-0.2, 0) is 11.3 Å². The van der Waals surface area contributed by atoms with Crippen LogP contribution >= 0.6 is 0 Å². The number of carbonyl (C=O) groups excluding carboxylic acids is 1. The fourth-order valence-corrected chi connectivity index (χ4v) is 4.38. The number of ether oxygens (including phenoxy) is 1. The lowest BCUT2D eigenvalue weighted by atomic mass is 10.0. The van der Waals surface area contributed by atoms with Gasteiger partial charge < -0.3 is 10.1 Å². The molecule has 0 radical (unpaired) electrons. The zero-order chi connectivity index (χ0) is 21.2. The highest BCUT2D eigenvalue weighted by Gasteiger charge is 2.27.